The lowest BCUT2D eigenvalue weighted by atomic mass is 9.86. The number of nitrogens with zero attached hydrogens (tertiary/aromatic N) is 1. The van der Waals surface area contributed by atoms with Gasteiger partial charge in [0.05, 0.1) is 0 Å². The third-order valence-corrected chi connectivity index (χ3v) is 4.17. The van der Waals surface area contributed by atoms with E-state index >= 15 is 0 Å². The van der Waals surface area contributed by atoms with E-state index in [0.717, 1.165) is 0 Å². The average molecular weight is 216 g/mol. The predicted molar refractivity (Wildman–Crippen MR) is 66.5 cm³/mol. The maximum atomic E-state index is 3.42. The predicted octanol–water partition coefficient (Wildman–Crippen LogP) is 1.97. The zero-order valence-corrected chi connectivity index (χ0v) is 9.95. The molecule has 2 unspecified atom stereocenters. The van der Waals surface area contributed by atoms with Crippen LogP contribution >= 0.6 is 0 Å². The molecule has 16 heavy (non-hydrogen) atoms. The van der Waals surface area contributed by atoms with Crippen molar-refractivity contribution in [1.29, 1.82) is 0 Å². The monoisotopic (exact) mass is 216 g/mol. The molecule has 1 N–H and O–H groups in total. The normalized spacial score (nSPS) is 29.6. The highest BCUT2D eigenvalue weighted by atomic mass is 15.2. The van der Waals surface area contributed by atoms with Gasteiger partial charge in [0.15, 0.2) is 0 Å². The number of piperidine rings is 1. The van der Waals surface area contributed by atoms with Gasteiger partial charge >= 0.3 is 0 Å². The third-order valence-electron chi connectivity index (χ3n) is 4.17. The minimum atomic E-state index is 0.689. The van der Waals surface area contributed by atoms with Crippen LogP contribution in [0.2, 0.25) is 0 Å². The molecule has 3 rings (SSSR count). The van der Waals surface area contributed by atoms with Crippen molar-refractivity contribution in [1.82, 2.24) is 10.2 Å². The van der Waals surface area contributed by atoms with Crippen molar-refractivity contribution < 1.29 is 0 Å². The van der Waals surface area contributed by atoms with Crippen molar-refractivity contribution in [2.45, 2.75) is 31.3 Å². The molecule has 2 aliphatic rings. The summed E-state index contributed by atoms with van der Waals surface area (Å²) in [6.07, 6.45) is 3.84. The van der Waals surface area contributed by atoms with E-state index in [1.165, 1.54) is 32.4 Å². The number of fused-ring (bicyclic) bond motifs is 3. The lowest BCUT2D eigenvalue weighted by Crippen LogP contribution is -2.48. The summed E-state index contributed by atoms with van der Waals surface area (Å²) in [6, 6.07) is 10.4. The fourth-order valence-electron chi connectivity index (χ4n) is 3.23. The number of hydrogen-bond donors (Lipinski definition) is 1. The molecule has 1 aromatic carbocycles. The molecule has 0 amide bonds. The van der Waals surface area contributed by atoms with Crippen LogP contribution < -0.4 is 5.32 Å². The number of hydrogen-bond acceptors (Lipinski definition) is 2. The van der Waals surface area contributed by atoms with Crippen molar-refractivity contribution in [2.24, 2.45) is 0 Å². The van der Waals surface area contributed by atoms with E-state index in [1.54, 1.807) is 11.1 Å². The Labute approximate surface area is 97.6 Å². The Bertz CT molecular complexity index is 375. The Morgan fingerprint density at radius 2 is 2.12 bits per heavy atom. The fourth-order valence-corrected chi connectivity index (χ4v) is 3.23. The Morgan fingerprint density at radius 1 is 1.25 bits per heavy atom. The molecule has 1 aromatic rings. The zero-order valence-electron chi connectivity index (χ0n) is 9.95. The van der Waals surface area contributed by atoms with Crippen molar-refractivity contribution in [2.75, 3.05) is 20.1 Å². The van der Waals surface area contributed by atoms with Gasteiger partial charge in [-0.1, -0.05) is 24.3 Å². The lowest BCUT2D eigenvalue weighted by Gasteiger charge is -2.43. The molecule has 0 bridgehead atoms. The van der Waals surface area contributed by atoms with Crippen LogP contribution in [0.3, 0.4) is 0 Å². The first-order valence-electron chi connectivity index (χ1n) is 6.37. The van der Waals surface area contributed by atoms with E-state index in [9.17, 15) is 0 Å². The van der Waals surface area contributed by atoms with Gasteiger partial charge in [-0.3, -0.25) is 4.90 Å². The molecule has 2 heteroatoms. The highest BCUT2D eigenvalue weighted by Crippen LogP contribution is 2.36. The Morgan fingerprint density at radius 3 is 3.00 bits per heavy atom. The van der Waals surface area contributed by atoms with E-state index < -0.39 is 0 Å². The minimum absolute atomic E-state index is 0.689. The van der Waals surface area contributed by atoms with Gasteiger partial charge in [0, 0.05) is 25.2 Å². The van der Waals surface area contributed by atoms with Crippen molar-refractivity contribution in [3.8, 4) is 0 Å². The van der Waals surface area contributed by atoms with Crippen LogP contribution in [-0.2, 0) is 6.42 Å². The first-order valence-corrected chi connectivity index (χ1v) is 6.37. The molecule has 2 aliphatic heterocycles. The van der Waals surface area contributed by atoms with Crippen LogP contribution in [0.5, 0.6) is 0 Å². The summed E-state index contributed by atoms with van der Waals surface area (Å²) in [5.41, 5.74) is 3.16. The highest BCUT2D eigenvalue weighted by molar-refractivity contribution is 5.33. The quantitative estimate of drug-likeness (QED) is 0.772. The van der Waals surface area contributed by atoms with E-state index in [0.29, 0.717) is 12.1 Å². The fraction of sp³-hybridized carbons (Fsp3) is 0.571. The smallest absolute Gasteiger partial charge is 0.0352 e. The molecule has 0 aliphatic carbocycles. The van der Waals surface area contributed by atoms with Gasteiger partial charge in [0.25, 0.3) is 0 Å². The van der Waals surface area contributed by atoms with Crippen molar-refractivity contribution in [3.63, 3.8) is 0 Å². The zero-order chi connectivity index (χ0) is 11.0. The van der Waals surface area contributed by atoms with Crippen LogP contribution in [0.4, 0.5) is 0 Å². The summed E-state index contributed by atoms with van der Waals surface area (Å²) in [5.74, 6) is 0. The van der Waals surface area contributed by atoms with E-state index in [2.05, 4.69) is 41.5 Å². The molecule has 2 heterocycles. The summed E-state index contributed by atoms with van der Waals surface area (Å²) in [4.78, 5) is 2.66. The number of benzene rings is 1. The van der Waals surface area contributed by atoms with Crippen LogP contribution in [0.15, 0.2) is 24.3 Å². The third kappa shape index (κ3) is 1.66. The molecule has 1 saturated heterocycles. The SMILES string of the molecule is CNC1CCC2c3ccccc3CCN2C1. The molecule has 0 saturated carbocycles. The molecule has 2 nitrogen and oxygen atoms in total. The Kier molecular flexibility index (Phi) is 2.70. The second kappa shape index (κ2) is 4.19. The minimum Gasteiger partial charge on any atom is -0.316 e. The van der Waals surface area contributed by atoms with Crippen molar-refractivity contribution in [3.05, 3.63) is 35.4 Å². The average Bonchev–Trinajstić information content (AvgIpc) is 2.38. The standard InChI is InChI=1S/C14H20N2/c1-15-12-6-7-14-13-5-3-2-4-11(13)8-9-16(14)10-12/h2-5,12,14-15H,6-10H2,1H3. The van der Waals surface area contributed by atoms with E-state index in [-0.39, 0.29) is 0 Å². The maximum absolute atomic E-state index is 3.42. The highest BCUT2D eigenvalue weighted by Gasteiger charge is 2.32. The maximum Gasteiger partial charge on any atom is 0.0352 e. The molecular weight excluding hydrogens is 196 g/mol. The summed E-state index contributed by atoms with van der Waals surface area (Å²) in [7, 11) is 2.09. The van der Waals surface area contributed by atoms with Gasteiger partial charge in [0.2, 0.25) is 0 Å². The van der Waals surface area contributed by atoms with Gasteiger partial charge in [-0.15, -0.1) is 0 Å². The molecule has 86 valence electrons. The van der Waals surface area contributed by atoms with E-state index in [1.807, 2.05) is 0 Å². The van der Waals surface area contributed by atoms with Gasteiger partial charge in [0.1, 0.15) is 0 Å². The van der Waals surface area contributed by atoms with Crippen molar-refractivity contribution >= 4 is 0 Å². The van der Waals surface area contributed by atoms with E-state index in [4.69, 9.17) is 0 Å². The first kappa shape index (κ1) is 10.3. The van der Waals surface area contributed by atoms with Gasteiger partial charge in [-0.05, 0) is 37.4 Å². The molecule has 1 fully saturated rings. The molecule has 0 spiro atoms. The number of likely N-dealkylation sites (N-methyl/N-ethyl adjacent to an activating group) is 1. The molecule has 0 radical (unpaired) electrons. The van der Waals surface area contributed by atoms with Gasteiger partial charge in [-0.2, -0.15) is 0 Å². The number of nitrogens with one attached hydrogen (secondary N) is 1. The summed E-state index contributed by atoms with van der Waals surface area (Å²) >= 11 is 0. The summed E-state index contributed by atoms with van der Waals surface area (Å²) < 4.78 is 0. The van der Waals surface area contributed by atoms with Gasteiger partial charge in [-0.25, -0.2) is 0 Å². The summed E-state index contributed by atoms with van der Waals surface area (Å²) in [5, 5.41) is 3.42. The second-order valence-corrected chi connectivity index (χ2v) is 5.02. The van der Waals surface area contributed by atoms with Crippen LogP contribution in [0.1, 0.15) is 30.0 Å². The van der Waals surface area contributed by atoms with Gasteiger partial charge < -0.3 is 5.32 Å². The van der Waals surface area contributed by atoms with Crippen LogP contribution in [0.25, 0.3) is 0 Å². The summed E-state index contributed by atoms with van der Waals surface area (Å²) in [6.45, 7) is 2.45. The Hall–Kier alpha value is -0.860. The second-order valence-electron chi connectivity index (χ2n) is 5.02. The molecule has 2 atom stereocenters. The Balaban J connectivity index is 1.86. The largest absolute Gasteiger partial charge is 0.316 e. The van der Waals surface area contributed by atoms with Crippen LogP contribution in [-0.4, -0.2) is 31.1 Å². The first-order chi connectivity index (χ1) is 7.88. The lowest BCUT2D eigenvalue weighted by molar-refractivity contribution is 0.115. The molecular formula is C14H20N2. The number of rotatable bonds is 1. The topological polar surface area (TPSA) is 15.3 Å². The van der Waals surface area contributed by atoms with Crippen LogP contribution in [0, 0.1) is 0 Å². The molecule has 0 aromatic heterocycles.